The van der Waals surface area contributed by atoms with E-state index in [1.165, 1.54) is 35.2 Å². The predicted octanol–water partition coefficient (Wildman–Crippen LogP) is 3.93. The van der Waals surface area contributed by atoms with Crippen LogP contribution in [0.5, 0.6) is 0 Å². The molecule has 0 spiro atoms. The maximum atomic E-state index is 13.9. The molecule has 5 nitrogen and oxygen atoms in total. The normalized spacial score (nSPS) is 19.1. The van der Waals surface area contributed by atoms with Gasteiger partial charge < -0.3 is 15.1 Å². The smallest absolute Gasteiger partial charge is 0.259 e. The average Bonchev–Trinajstić information content (AvgIpc) is 3.29. The Morgan fingerprint density at radius 1 is 1.11 bits per heavy atom. The fourth-order valence-electron chi connectivity index (χ4n) is 5.05. The molecule has 35 heavy (non-hydrogen) atoms. The second-order valence-electron chi connectivity index (χ2n) is 9.11. The van der Waals surface area contributed by atoms with Gasteiger partial charge in [0.1, 0.15) is 11.9 Å². The first-order valence-corrected chi connectivity index (χ1v) is 12.9. The molecular weight excluding hydrogens is 461 g/mol. The van der Waals surface area contributed by atoms with Crippen LogP contribution in [0, 0.1) is 5.82 Å². The van der Waals surface area contributed by atoms with Crippen molar-refractivity contribution in [3.8, 4) is 0 Å². The van der Waals surface area contributed by atoms with E-state index in [0.717, 1.165) is 29.3 Å². The molecule has 5 rings (SSSR count). The number of likely N-dealkylation sites (N-methyl/N-ethyl adjacent to an activating group) is 1. The van der Waals surface area contributed by atoms with E-state index in [4.69, 9.17) is 0 Å². The van der Waals surface area contributed by atoms with Gasteiger partial charge in [-0.2, -0.15) is 0 Å². The Balaban J connectivity index is 1.46. The Morgan fingerprint density at radius 3 is 2.80 bits per heavy atom. The summed E-state index contributed by atoms with van der Waals surface area (Å²) in [5, 5.41) is 3.11. The van der Waals surface area contributed by atoms with Crippen molar-refractivity contribution >= 4 is 29.3 Å². The van der Waals surface area contributed by atoms with Crippen LogP contribution in [0.4, 0.5) is 10.1 Å². The fourth-order valence-corrected chi connectivity index (χ4v) is 6.11. The average molecular weight is 491 g/mol. The quantitative estimate of drug-likeness (QED) is 0.551. The van der Waals surface area contributed by atoms with E-state index in [-0.39, 0.29) is 24.2 Å². The number of hydrogen-bond donors (Lipinski definition) is 2. The van der Waals surface area contributed by atoms with Gasteiger partial charge in [-0.25, -0.2) is 4.39 Å². The van der Waals surface area contributed by atoms with E-state index >= 15 is 0 Å². The maximum Gasteiger partial charge on any atom is 0.259 e. The van der Waals surface area contributed by atoms with Gasteiger partial charge in [0, 0.05) is 28.2 Å². The minimum atomic E-state index is -0.344. The minimum absolute atomic E-state index is 0.139. The van der Waals surface area contributed by atoms with Gasteiger partial charge in [-0.3, -0.25) is 9.59 Å². The van der Waals surface area contributed by atoms with E-state index in [0.29, 0.717) is 35.0 Å². The highest BCUT2D eigenvalue weighted by Crippen LogP contribution is 2.42. The number of quaternary nitrogens is 1. The van der Waals surface area contributed by atoms with Crippen molar-refractivity contribution in [1.29, 1.82) is 0 Å². The van der Waals surface area contributed by atoms with Gasteiger partial charge in [0.2, 0.25) is 0 Å². The number of halogens is 1. The van der Waals surface area contributed by atoms with Gasteiger partial charge in [0.15, 0.2) is 0 Å². The summed E-state index contributed by atoms with van der Waals surface area (Å²) in [6.45, 7) is 5.26. The topological polar surface area (TPSA) is 53.9 Å². The van der Waals surface area contributed by atoms with Crippen molar-refractivity contribution in [2.75, 3.05) is 24.5 Å². The molecule has 2 amide bonds. The molecule has 2 aliphatic rings. The lowest BCUT2D eigenvalue weighted by Crippen LogP contribution is -3.14. The van der Waals surface area contributed by atoms with E-state index < -0.39 is 0 Å². The van der Waals surface area contributed by atoms with E-state index in [2.05, 4.69) is 12.2 Å². The number of rotatable bonds is 6. The highest BCUT2D eigenvalue weighted by atomic mass is 32.2. The Kier molecular flexibility index (Phi) is 6.88. The van der Waals surface area contributed by atoms with Crippen LogP contribution in [0.3, 0.4) is 0 Å². The van der Waals surface area contributed by atoms with Crippen molar-refractivity contribution in [1.82, 2.24) is 5.32 Å². The summed E-state index contributed by atoms with van der Waals surface area (Å²) in [5.74, 6) is -0.648. The summed E-state index contributed by atoms with van der Waals surface area (Å²) in [4.78, 5) is 31.7. The summed E-state index contributed by atoms with van der Waals surface area (Å²) < 4.78 is 13.9. The lowest BCUT2D eigenvalue weighted by molar-refractivity contribution is -0.909. The Morgan fingerprint density at radius 2 is 1.97 bits per heavy atom. The van der Waals surface area contributed by atoms with Gasteiger partial charge >= 0.3 is 0 Å². The number of benzene rings is 3. The zero-order valence-corrected chi connectivity index (χ0v) is 20.5. The van der Waals surface area contributed by atoms with Crippen LogP contribution < -0.4 is 15.1 Å². The largest absolute Gasteiger partial charge is 0.346 e. The van der Waals surface area contributed by atoms with Gasteiger partial charge in [0.05, 0.1) is 37.4 Å². The summed E-state index contributed by atoms with van der Waals surface area (Å²) >= 11 is 1.51. The van der Waals surface area contributed by atoms with Gasteiger partial charge in [-0.1, -0.05) is 36.0 Å². The van der Waals surface area contributed by atoms with Crippen molar-refractivity contribution in [3.05, 3.63) is 89.2 Å². The molecule has 2 atom stereocenters. The second-order valence-corrected chi connectivity index (χ2v) is 10.2. The number of anilines is 1. The molecule has 2 heterocycles. The number of carbonyl (C=O) groups excluding carboxylic acids is 2. The standard InChI is InChI=1S/C28H28FN3O2S/c1-2-31-14-6-9-22(31)17-30-27(33)20-12-13-26-24(16-20)32(18-19-7-5-8-21(29)15-19)28(34)23-10-3-4-11-25(23)35-26/h3-5,7-8,10-13,15-16,22H,2,6,9,14,17-18H2,1H3,(H,30,33)/p+1. The number of hydrogen-bond acceptors (Lipinski definition) is 3. The molecule has 0 aliphatic carbocycles. The number of carbonyl (C=O) groups is 2. The first kappa shape index (κ1) is 23.6. The monoisotopic (exact) mass is 490 g/mol. The van der Waals surface area contributed by atoms with Crippen molar-refractivity contribution < 1.29 is 18.9 Å². The van der Waals surface area contributed by atoms with Crippen LogP contribution >= 0.6 is 11.8 Å². The van der Waals surface area contributed by atoms with Crippen molar-refractivity contribution in [2.45, 2.75) is 42.1 Å². The molecule has 2 unspecified atom stereocenters. The molecule has 2 N–H and O–H groups in total. The number of amides is 2. The number of nitrogens with one attached hydrogen (secondary N) is 2. The highest BCUT2D eigenvalue weighted by Gasteiger charge is 2.30. The van der Waals surface area contributed by atoms with Crippen LogP contribution in [0.25, 0.3) is 0 Å². The molecule has 2 aliphatic heterocycles. The van der Waals surface area contributed by atoms with Gasteiger partial charge in [0.25, 0.3) is 11.8 Å². The zero-order chi connectivity index (χ0) is 24.4. The van der Waals surface area contributed by atoms with E-state index in [1.807, 2.05) is 36.4 Å². The Labute approximate surface area is 209 Å². The first-order valence-electron chi connectivity index (χ1n) is 12.1. The second kappa shape index (κ2) is 10.2. The van der Waals surface area contributed by atoms with Crippen LogP contribution in [0.2, 0.25) is 0 Å². The SMILES string of the molecule is CC[NH+]1CCCC1CNC(=O)c1ccc2c(c1)N(Cc1cccc(F)c1)C(=O)c1ccccc1S2. The number of fused-ring (bicyclic) bond motifs is 2. The molecular formula is C28H29FN3O2S+. The molecule has 0 aromatic heterocycles. The predicted molar refractivity (Wildman–Crippen MR) is 136 cm³/mol. The van der Waals surface area contributed by atoms with Gasteiger partial charge in [-0.05, 0) is 55.0 Å². The third-order valence-electron chi connectivity index (χ3n) is 6.92. The molecule has 7 heteroatoms. The van der Waals surface area contributed by atoms with Crippen molar-refractivity contribution in [3.63, 3.8) is 0 Å². The van der Waals surface area contributed by atoms with Crippen LogP contribution in [-0.2, 0) is 6.54 Å². The van der Waals surface area contributed by atoms with Crippen molar-refractivity contribution in [2.24, 2.45) is 0 Å². The number of nitrogens with zero attached hydrogens (tertiary/aromatic N) is 1. The first-order chi connectivity index (χ1) is 17.0. The summed E-state index contributed by atoms with van der Waals surface area (Å²) in [5.41, 5.74) is 2.46. The molecule has 3 aromatic carbocycles. The van der Waals surface area contributed by atoms with E-state index in [9.17, 15) is 14.0 Å². The van der Waals surface area contributed by atoms with Crippen LogP contribution in [0.15, 0.2) is 76.5 Å². The summed E-state index contributed by atoms with van der Waals surface area (Å²) in [6.07, 6.45) is 2.32. The molecule has 1 fully saturated rings. The molecule has 1 saturated heterocycles. The fraction of sp³-hybridized carbons (Fsp3) is 0.286. The summed E-state index contributed by atoms with van der Waals surface area (Å²) in [7, 11) is 0. The zero-order valence-electron chi connectivity index (χ0n) is 19.7. The van der Waals surface area contributed by atoms with E-state index in [1.54, 1.807) is 23.1 Å². The lowest BCUT2D eigenvalue weighted by atomic mass is 10.1. The molecule has 3 aromatic rings. The Hall–Kier alpha value is -3.16. The molecule has 0 bridgehead atoms. The molecule has 0 radical (unpaired) electrons. The lowest BCUT2D eigenvalue weighted by Gasteiger charge is -2.24. The minimum Gasteiger partial charge on any atom is -0.346 e. The molecule has 180 valence electrons. The van der Waals surface area contributed by atoms with Crippen LogP contribution in [0.1, 0.15) is 46.0 Å². The third-order valence-corrected chi connectivity index (χ3v) is 8.06. The molecule has 0 saturated carbocycles. The highest BCUT2D eigenvalue weighted by molar-refractivity contribution is 7.99. The Bertz CT molecular complexity index is 1260. The van der Waals surface area contributed by atoms with Crippen LogP contribution in [-0.4, -0.2) is 37.5 Å². The number of likely N-dealkylation sites (tertiary alicyclic amines) is 1. The van der Waals surface area contributed by atoms with Gasteiger partial charge in [-0.15, -0.1) is 0 Å². The maximum absolute atomic E-state index is 13.9. The summed E-state index contributed by atoms with van der Waals surface area (Å²) in [6, 6.07) is 19.7. The third kappa shape index (κ3) is 4.97.